The summed E-state index contributed by atoms with van der Waals surface area (Å²) >= 11 is 0. The predicted molar refractivity (Wildman–Crippen MR) is 180 cm³/mol. The number of fused-ring (bicyclic) bond motifs is 7. The SMILES string of the molecule is C=NC(=NCc1ccccc1)c1cccc(-c2ccc(-n3c4ccccc4c4ccc5oc6ccccc6c5c43)cc2)c1. The number of rotatable bonds is 5. The molecule has 0 spiro atoms. The molecule has 0 unspecified atom stereocenters. The van der Waals surface area contributed by atoms with Crippen molar-refractivity contribution in [1.29, 1.82) is 0 Å². The number of benzene rings is 6. The third-order valence-electron chi connectivity index (χ3n) is 8.16. The van der Waals surface area contributed by atoms with Crippen molar-refractivity contribution in [2.45, 2.75) is 6.54 Å². The molecule has 6 aromatic carbocycles. The molecule has 4 nitrogen and oxygen atoms in total. The van der Waals surface area contributed by atoms with Crippen LogP contribution < -0.4 is 0 Å². The van der Waals surface area contributed by atoms with Crippen LogP contribution in [-0.4, -0.2) is 17.1 Å². The van der Waals surface area contributed by atoms with Gasteiger partial charge in [0.1, 0.15) is 11.2 Å². The average Bonchev–Trinajstić information content (AvgIpc) is 3.61. The first-order chi connectivity index (χ1) is 21.3. The summed E-state index contributed by atoms with van der Waals surface area (Å²) in [6.45, 7) is 4.35. The van der Waals surface area contributed by atoms with Gasteiger partial charge in [-0.15, -0.1) is 0 Å². The second kappa shape index (κ2) is 10.3. The Balaban J connectivity index is 1.23. The zero-order valence-corrected chi connectivity index (χ0v) is 23.4. The molecule has 8 aromatic rings. The molecule has 0 aliphatic carbocycles. The molecule has 43 heavy (non-hydrogen) atoms. The first-order valence-electron chi connectivity index (χ1n) is 14.4. The predicted octanol–water partition coefficient (Wildman–Crippen LogP) is 10.00. The number of nitrogens with zero attached hydrogens (tertiary/aromatic N) is 3. The molecule has 0 N–H and O–H groups in total. The molecule has 0 bridgehead atoms. The van der Waals surface area contributed by atoms with Crippen LogP contribution in [0, 0.1) is 0 Å². The van der Waals surface area contributed by atoms with Crippen LogP contribution in [-0.2, 0) is 6.54 Å². The van der Waals surface area contributed by atoms with Crippen LogP contribution in [0.1, 0.15) is 11.1 Å². The van der Waals surface area contributed by atoms with E-state index >= 15 is 0 Å². The summed E-state index contributed by atoms with van der Waals surface area (Å²) in [5.41, 5.74) is 9.54. The molecule has 0 radical (unpaired) electrons. The van der Waals surface area contributed by atoms with Gasteiger partial charge in [0, 0.05) is 27.4 Å². The van der Waals surface area contributed by atoms with Gasteiger partial charge in [0.05, 0.1) is 23.0 Å². The van der Waals surface area contributed by atoms with E-state index in [0.717, 1.165) is 55.4 Å². The minimum atomic E-state index is 0.562. The topological polar surface area (TPSA) is 42.8 Å². The maximum atomic E-state index is 6.27. The van der Waals surface area contributed by atoms with Crippen molar-refractivity contribution >= 4 is 56.3 Å². The summed E-state index contributed by atoms with van der Waals surface area (Å²) < 4.78 is 8.64. The van der Waals surface area contributed by atoms with Crippen LogP contribution in [0.2, 0.25) is 0 Å². The highest BCUT2D eigenvalue weighted by Gasteiger charge is 2.18. The Morgan fingerprint density at radius 1 is 0.628 bits per heavy atom. The third kappa shape index (κ3) is 4.23. The summed E-state index contributed by atoms with van der Waals surface area (Å²) in [6.07, 6.45) is 0. The summed E-state index contributed by atoms with van der Waals surface area (Å²) in [4.78, 5) is 8.99. The molecule has 0 fully saturated rings. The Bertz CT molecular complexity index is 2320. The number of aromatic nitrogens is 1. The van der Waals surface area contributed by atoms with Crippen molar-refractivity contribution in [3.63, 3.8) is 0 Å². The fourth-order valence-corrected chi connectivity index (χ4v) is 6.16. The fourth-order valence-electron chi connectivity index (χ4n) is 6.16. The molecule has 204 valence electrons. The zero-order chi connectivity index (χ0) is 28.8. The normalized spacial score (nSPS) is 12.0. The van der Waals surface area contributed by atoms with E-state index in [1.165, 1.54) is 16.3 Å². The van der Waals surface area contributed by atoms with Crippen LogP contribution in [0.5, 0.6) is 0 Å². The smallest absolute Gasteiger partial charge is 0.154 e. The number of aliphatic imine (C=N–C) groups is 2. The van der Waals surface area contributed by atoms with Gasteiger partial charge < -0.3 is 8.98 Å². The molecular formula is C39H27N3O. The summed E-state index contributed by atoms with van der Waals surface area (Å²) in [7, 11) is 0. The maximum Gasteiger partial charge on any atom is 0.154 e. The van der Waals surface area contributed by atoms with E-state index < -0.39 is 0 Å². The lowest BCUT2D eigenvalue weighted by Crippen LogP contribution is -1.98. The van der Waals surface area contributed by atoms with Crippen molar-refractivity contribution < 1.29 is 4.42 Å². The second-order valence-electron chi connectivity index (χ2n) is 10.7. The number of furan rings is 1. The van der Waals surface area contributed by atoms with Gasteiger partial charge in [0.15, 0.2) is 5.84 Å². The van der Waals surface area contributed by atoms with Crippen LogP contribution >= 0.6 is 0 Å². The van der Waals surface area contributed by atoms with Crippen LogP contribution in [0.3, 0.4) is 0 Å². The molecular weight excluding hydrogens is 526 g/mol. The molecule has 0 aliphatic rings. The molecule has 2 aromatic heterocycles. The van der Waals surface area contributed by atoms with Crippen molar-refractivity contribution in [2.24, 2.45) is 9.98 Å². The minimum absolute atomic E-state index is 0.562. The van der Waals surface area contributed by atoms with Gasteiger partial charge in [-0.3, -0.25) is 4.99 Å². The number of hydrogen-bond acceptors (Lipinski definition) is 2. The molecule has 2 heterocycles. The molecule has 0 amide bonds. The van der Waals surface area contributed by atoms with Crippen LogP contribution in [0.4, 0.5) is 0 Å². The maximum absolute atomic E-state index is 6.27. The molecule has 4 heteroatoms. The fraction of sp³-hybridized carbons (Fsp3) is 0.0256. The molecule has 0 aliphatic heterocycles. The van der Waals surface area contributed by atoms with E-state index in [2.05, 4.69) is 119 Å². The molecule has 0 atom stereocenters. The Hall–Kier alpha value is -5.74. The Labute approximate surface area is 248 Å². The van der Waals surface area contributed by atoms with Gasteiger partial charge in [0.25, 0.3) is 0 Å². The van der Waals surface area contributed by atoms with E-state index in [0.29, 0.717) is 12.4 Å². The standard InChI is InChI=1S/C39H27N3O/c1-40-39(41-25-26-10-3-2-4-11-26)29-13-9-12-28(24-29)27-18-20-30(21-19-27)42-34-16-7-5-14-31(34)32-22-23-36-37(38(32)42)33-15-6-8-17-35(33)43-36/h2-24H,1,25H2. The lowest BCUT2D eigenvalue weighted by molar-refractivity contribution is 0.669. The minimum Gasteiger partial charge on any atom is -0.456 e. The largest absolute Gasteiger partial charge is 0.456 e. The van der Waals surface area contributed by atoms with Crippen molar-refractivity contribution in [2.75, 3.05) is 0 Å². The van der Waals surface area contributed by atoms with E-state index in [1.807, 2.05) is 36.4 Å². The van der Waals surface area contributed by atoms with Crippen LogP contribution in [0.25, 0.3) is 60.6 Å². The average molecular weight is 554 g/mol. The quantitative estimate of drug-likeness (QED) is 0.154. The van der Waals surface area contributed by atoms with Gasteiger partial charge in [-0.05, 0) is 65.9 Å². The Morgan fingerprint density at radius 3 is 2.23 bits per heavy atom. The highest BCUT2D eigenvalue weighted by Crippen LogP contribution is 2.40. The van der Waals surface area contributed by atoms with E-state index in [9.17, 15) is 0 Å². The van der Waals surface area contributed by atoms with Crippen molar-refractivity contribution in [3.05, 3.63) is 151 Å². The van der Waals surface area contributed by atoms with Gasteiger partial charge in [-0.2, -0.15) is 0 Å². The first-order valence-corrected chi connectivity index (χ1v) is 14.4. The highest BCUT2D eigenvalue weighted by atomic mass is 16.3. The Kier molecular flexibility index (Phi) is 5.97. The summed E-state index contributed by atoms with van der Waals surface area (Å²) in [5, 5.41) is 4.70. The van der Waals surface area contributed by atoms with Gasteiger partial charge in [-0.25, -0.2) is 4.99 Å². The van der Waals surface area contributed by atoms with Crippen LogP contribution in [0.15, 0.2) is 154 Å². The monoisotopic (exact) mass is 553 g/mol. The van der Waals surface area contributed by atoms with E-state index in [4.69, 9.17) is 9.41 Å². The highest BCUT2D eigenvalue weighted by molar-refractivity contribution is 6.24. The number of hydrogen-bond donors (Lipinski definition) is 0. The Morgan fingerprint density at radius 2 is 1.40 bits per heavy atom. The zero-order valence-electron chi connectivity index (χ0n) is 23.4. The lowest BCUT2D eigenvalue weighted by atomic mass is 10.0. The third-order valence-corrected chi connectivity index (χ3v) is 8.16. The van der Waals surface area contributed by atoms with E-state index in [1.54, 1.807) is 0 Å². The van der Waals surface area contributed by atoms with Gasteiger partial charge in [-0.1, -0.05) is 97.1 Å². The molecule has 0 saturated heterocycles. The summed E-state index contributed by atoms with van der Waals surface area (Å²) in [6, 6.07) is 48.5. The second-order valence-corrected chi connectivity index (χ2v) is 10.7. The van der Waals surface area contributed by atoms with Gasteiger partial charge >= 0.3 is 0 Å². The lowest BCUT2D eigenvalue weighted by Gasteiger charge is -2.11. The molecule has 8 rings (SSSR count). The summed E-state index contributed by atoms with van der Waals surface area (Å²) in [5.74, 6) is 0.643. The molecule has 0 saturated carbocycles. The van der Waals surface area contributed by atoms with Crippen molar-refractivity contribution in [3.8, 4) is 16.8 Å². The number of amidine groups is 1. The first kappa shape index (κ1) is 25.0. The van der Waals surface area contributed by atoms with E-state index in [-0.39, 0.29) is 0 Å². The number of para-hydroxylation sites is 2. The van der Waals surface area contributed by atoms with Gasteiger partial charge in [0.2, 0.25) is 0 Å². The van der Waals surface area contributed by atoms with Crippen molar-refractivity contribution in [1.82, 2.24) is 4.57 Å².